The molecule has 1 aliphatic rings. The lowest BCUT2D eigenvalue weighted by atomic mass is 9.75. The van der Waals surface area contributed by atoms with E-state index in [2.05, 4.69) is 23.3 Å². The topological polar surface area (TPSA) is 24.9 Å². The van der Waals surface area contributed by atoms with Crippen LogP contribution in [0.4, 0.5) is 4.39 Å². The Kier molecular flexibility index (Phi) is 3.79. The average Bonchev–Trinajstić information content (AvgIpc) is 2.44. The number of nitrogens with one attached hydrogen (secondary N) is 1. The van der Waals surface area contributed by atoms with Crippen LogP contribution in [-0.4, -0.2) is 11.0 Å². The first kappa shape index (κ1) is 13.3. The highest BCUT2D eigenvalue weighted by molar-refractivity contribution is 5.25. The summed E-state index contributed by atoms with van der Waals surface area (Å²) in [4.78, 5) is 4.14. The van der Waals surface area contributed by atoms with Gasteiger partial charge in [0.05, 0.1) is 0 Å². The summed E-state index contributed by atoms with van der Waals surface area (Å²) >= 11 is 0. The first-order valence-electron chi connectivity index (χ1n) is 7.14. The Morgan fingerprint density at radius 2 is 2.00 bits per heavy atom. The van der Waals surface area contributed by atoms with Gasteiger partial charge in [0.25, 0.3) is 0 Å². The van der Waals surface area contributed by atoms with Crippen LogP contribution >= 0.6 is 0 Å². The smallest absolute Gasteiger partial charge is 0.126 e. The van der Waals surface area contributed by atoms with Crippen molar-refractivity contribution in [2.24, 2.45) is 0 Å². The third-order valence-electron chi connectivity index (χ3n) is 4.15. The number of hydrogen-bond acceptors (Lipinski definition) is 2. The normalized spacial score (nSPS) is 23.1. The summed E-state index contributed by atoms with van der Waals surface area (Å²) in [5.74, 6) is 0.283. The van der Waals surface area contributed by atoms with E-state index in [0.717, 1.165) is 18.4 Å². The third-order valence-corrected chi connectivity index (χ3v) is 4.15. The quantitative estimate of drug-likeness (QED) is 0.913. The van der Waals surface area contributed by atoms with Gasteiger partial charge in [-0.3, -0.25) is 4.98 Å². The standard InChI is InChI=1S/C17H19FN2/c1-12(13-5-4-8-19-11-13)20-15-9-14(10-15)16-6-2-3-7-17(16)18/h2-8,11-12,14-15,20H,9-10H2,1H3. The summed E-state index contributed by atoms with van der Waals surface area (Å²) in [6, 6.07) is 11.9. The third kappa shape index (κ3) is 2.73. The zero-order chi connectivity index (χ0) is 13.9. The highest BCUT2D eigenvalue weighted by atomic mass is 19.1. The maximum Gasteiger partial charge on any atom is 0.126 e. The molecule has 0 aliphatic heterocycles. The lowest BCUT2D eigenvalue weighted by molar-refractivity contribution is 0.266. The number of pyridine rings is 1. The lowest BCUT2D eigenvalue weighted by Crippen LogP contribution is -2.41. The van der Waals surface area contributed by atoms with Crippen LogP contribution in [0, 0.1) is 5.82 Å². The molecule has 0 spiro atoms. The van der Waals surface area contributed by atoms with Crippen molar-refractivity contribution in [3.8, 4) is 0 Å². The van der Waals surface area contributed by atoms with Gasteiger partial charge in [0.1, 0.15) is 5.82 Å². The minimum absolute atomic E-state index is 0.0729. The molecule has 1 aromatic carbocycles. The predicted molar refractivity (Wildman–Crippen MR) is 78.0 cm³/mol. The molecule has 1 aromatic heterocycles. The van der Waals surface area contributed by atoms with Gasteiger partial charge in [-0.05, 0) is 48.9 Å². The molecule has 0 saturated heterocycles. The van der Waals surface area contributed by atoms with Crippen LogP contribution in [0.2, 0.25) is 0 Å². The van der Waals surface area contributed by atoms with Crippen molar-refractivity contribution in [1.29, 1.82) is 0 Å². The molecule has 1 unspecified atom stereocenters. The van der Waals surface area contributed by atoms with E-state index < -0.39 is 0 Å². The largest absolute Gasteiger partial charge is 0.307 e. The number of halogens is 1. The maximum atomic E-state index is 13.7. The van der Waals surface area contributed by atoms with Crippen molar-refractivity contribution in [2.75, 3.05) is 0 Å². The summed E-state index contributed by atoms with van der Waals surface area (Å²) in [5.41, 5.74) is 2.06. The average molecular weight is 270 g/mol. The molecule has 1 saturated carbocycles. The Balaban J connectivity index is 1.55. The SMILES string of the molecule is CC(NC1CC(c2ccccc2F)C1)c1cccnc1. The van der Waals surface area contributed by atoms with E-state index in [4.69, 9.17) is 0 Å². The van der Waals surface area contributed by atoms with Crippen LogP contribution < -0.4 is 5.32 Å². The van der Waals surface area contributed by atoms with Crippen LogP contribution in [0.1, 0.15) is 42.9 Å². The van der Waals surface area contributed by atoms with E-state index in [0.29, 0.717) is 12.0 Å². The molecule has 3 heteroatoms. The fraction of sp³-hybridized carbons (Fsp3) is 0.353. The van der Waals surface area contributed by atoms with Crippen LogP contribution in [0.25, 0.3) is 0 Å². The van der Waals surface area contributed by atoms with Crippen molar-refractivity contribution < 1.29 is 4.39 Å². The zero-order valence-corrected chi connectivity index (χ0v) is 11.6. The van der Waals surface area contributed by atoms with E-state index >= 15 is 0 Å². The number of aromatic nitrogens is 1. The summed E-state index contributed by atoms with van der Waals surface area (Å²) < 4.78 is 13.7. The number of nitrogens with zero attached hydrogens (tertiary/aromatic N) is 1. The molecular formula is C17H19FN2. The summed E-state index contributed by atoms with van der Waals surface area (Å²) in [6.45, 7) is 2.15. The molecule has 1 fully saturated rings. The van der Waals surface area contributed by atoms with Crippen LogP contribution in [0.15, 0.2) is 48.8 Å². The Labute approximate surface area is 119 Å². The molecule has 3 rings (SSSR count). The molecule has 2 nitrogen and oxygen atoms in total. The monoisotopic (exact) mass is 270 g/mol. The number of rotatable bonds is 4. The van der Waals surface area contributed by atoms with Gasteiger partial charge in [0, 0.05) is 24.5 Å². The van der Waals surface area contributed by atoms with Crippen LogP contribution in [0.5, 0.6) is 0 Å². The van der Waals surface area contributed by atoms with Gasteiger partial charge in [-0.1, -0.05) is 24.3 Å². The van der Waals surface area contributed by atoms with Gasteiger partial charge in [-0.25, -0.2) is 4.39 Å². The second kappa shape index (κ2) is 5.71. The van der Waals surface area contributed by atoms with Gasteiger partial charge >= 0.3 is 0 Å². The predicted octanol–water partition coefficient (Wildman–Crippen LogP) is 3.82. The van der Waals surface area contributed by atoms with Gasteiger partial charge in [0.2, 0.25) is 0 Å². The molecule has 20 heavy (non-hydrogen) atoms. The molecule has 104 valence electrons. The minimum atomic E-state index is -0.0729. The van der Waals surface area contributed by atoms with Gasteiger partial charge in [0.15, 0.2) is 0 Å². The summed E-state index contributed by atoms with van der Waals surface area (Å²) in [5, 5.41) is 3.59. The van der Waals surface area contributed by atoms with Gasteiger partial charge in [-0.2, -0.15) is 0 Å². The molecule has 1 atom stereocenters. The maximum absolute atomic E-state index is 13.7. The molecule has 0 radical (unpaired) electrons. The first-order chi connectivity index (χ1) is 9.74. The van der Waals surface area contributed by atoms with Crippen molar-refractivity contribution in [3.63, 3.8) is 0 Å². The molecule has 1 aliphatic carbocycles. The highest BCUT2D eigenvalue weighted by Crippen LogP contribution is 2.38. The fourth-order valence-electron chi connectivity index (χ4n) is 2.90. The summed E-state index contributed by atoms with van der Waals surface area (Å²) in [6.07, 6.45) is 5.69. The van der Waals surface area contributed by atoms with Gasteiger partial charge in [-0.15, -0.1) is 0 Å². The number of benzene rings is 1. The Bertz CT molecular complexity index is 564. The van der Waals surface area contributed by atoms with E-state index in [9.17, 15) is 4.39 Å². The van der Waals surface area contributed by atoms with E-state index in [1.807, 2.05) is 24.4 Å². The molecule has 0 bridgehead atoms. The Hall–Kier alpha value is -1.74. The fourth-order valence-corrected chi connectivity index (χ4v) is 2.90. The van der Waals surface area contributed by atoms with Crippen molar-refractivity contribution in [2.45, 2.75) is 37.8 Å². The highest BCUT2D eigenvalue weighted by Gasteiger charge is 2.32. The van der Waals surface area contributed by atoms with Crippen LogP contribution in [-0.2, 0) is 0 Å². The molecule has 1 N–H and O–H groups in total. The second-order valence-electron chi connectivity index (χ2n) is 5.56. The van der Waals surface area contributed by atoms with E-state index in [-0.39, 0.29) is 11.9 Å². The molecule has 1 heterocycles. The second-order valence-corrected chi connectivity index (χ2v) is 5.56. The van der Waals surface area contributed by atoms with Crippen molar-refractivity contribution in [1.82, 2.24) is 10.3 Å². The lowest BCUT2D eigenvalue weighted by Gasteiger charge is -2.38. The number of hydrogen-bond donors (Lipinski definition) is 1. The van der Waals surface area contributed by atoms with E-state index in [1.165, 1.54) is 5.56 Å². The first-order valence-corrected chi connectivity index (χ1v) is 7.14. The van der Waals surface area contributed by atoms with Crippen LogP contribution in [0.3, 0.4) is 0 Å². The summed E-state index contributed by atoms with van der Waals surface area (Å²) in [7, 11) is 0. The Morgan fingerprint density at radius 1 is 1.20 bits per heavy atom. The molecule has 0 amide bonds. The zero-order valence-electron chi connectivity index (χ0n) is 11.6. The Morgan fingerprint density at radius 3 is 2.70 bits per heavy atom. The molecular weight excluding hydrogens is 251 g/mol. The minimum Gasteiger partial charge on any atom is -0.307 e. The van der Waals surface area contributed by atoms with Crippen molar-refractivity contribution in [3.05, 3.63) is 65.7 Å². The van der Waals surface area contributed by atoms with E-state index in [1.54, 1.807) is 18.3 Å². The van der Waals surface area contributed by atoms with Gasteiger partial charge < -0.3 is 5.32 Å². The molecule has 2 aromatic rings. The van der Waals surface area contributed by atoms with Crippen molar-refractivity contribution >= 4 is 0 Å².